The van der Waals surface area contributed by atoms with E-state index < -0.39 is 0 Å². The summed E-state index contributed by atoms with van der Waals surface area (Å²) in [6, 6.07) is 7.10. The molecule has 6 heteroatoms. The van der Waals surface area contributed by atoms with Crippen molar-refractivity contribution in [3.63, 3.8) is 0 Å². The van der Waals surface area contributed by atoms with Crippen LogP contribution >= 0.6 is 11.6 Å². The van der Waals surface area contributed by atoms with Crippen molar-refractivity contribution in [3.05, 3.63) is 40.6 Å². The van der Waals surface area contributed by atoms with Crippen molar-refractivity contribution in [2.24, 2.45) is 11.3 Å². The molecule has 0 bridgehead atoms. The van der Waals surface area contributed by atoms with Crippen LogP contribution < -0.4 is 0 Å². The Bertz CT molecular complexity index is 781. The highest BCUT2D eigenvalue weighted by Crippen LogP contribution is 2.42. The van der Waals surface area contributed by atoms with E-state index in [9.17, 15) is 9.59 Å². The lowest BCUT2D eigenvalue weighted by atomic mass is 9.69. The second-order valence-corrected chi connectivity index (χ2v) is 9.33. The molecule has 1 aromatic rings. The Kier molecular flexibility index (Phi) is 6.57. The van der Waals surface area contributed by atoms with Gasteiger partial charge in [-0.15, -0.1) is 0 Å². The fourth-order valence-electron chi connectivity index (χ4n) is 4.22. The molecule has 1 amide bonds. The first-order chi connectivity index (χ1) is 13.7. The number of benzene rings is 1. The second kappa shape index (κ2) is 8.78. The Morgan fingerprint density at radius 3 is 2.59 bits per heavy atom. The molecule has 0 aromatic heterocycles. The van der Waals surface area contributed by atoms with Gasteiger partial charge in [-0.3, -0.25) is 9.59 Å². The third kappa shape index (κ3) is 5.13. The van der Waals surface area contributed by atoms with Crippen LogP contribution in [-0.4, -0.2) is 42.1 Å². The first kappa shape index (κ1) is 21.7. The van der Waals surface area contributed by atoms with Gasteiger partial charge in [-0.25, -0.2) is 0 Å². The Balaban J connectivity index is 1.88. The van der Waals surface area contributed by atoms with Crippen molar-refractivity contribution in [3.8, 4) is 0 Å². The SMILES string of the molecule is CCOC(=O)CN1C(=O)/C(=C/c2ccc(Cl)cc2)OC2CCC(C(C)(C)C)CC21. The van der Waals surface area contributed by atoms with Crippen LogP contribution in [-0.2, 0) is 19.1 Å². The first-order valence-electron chi connectivity index (χ1n) is 10.3. The highest BCUT2D eigenvalue weighted by molar-refractivity contribution is 6.30. The van der Waals surface area contributed by atoms with Gasteiger partial charge in [0.1, 0.15) is 12.6 Å². The lowest BCUT2D eigenvalue weighted by Gasteiger charge is -2.48. The average molecular weight is 420 g/mol. The van der Waals surface area contributed by atoms with E-state index in [0.29, 0.717) is 17.5 Å². The zero-order valence-electron chi connectivity index (χ0n) is 17.6. The number of hydrogen-bond donors (Lipinski definition) is 0. The summed E-state index contributed by atoms with van der Waals surface area (Å²) in [6.07, 6.45) is 4.34. The van der Waals surface area contributed by atoms with Gasteiger partial charge in [-0.1, -0.05) is 44.5 Å². The molecule has 3 rings (SSSR count). The van der Waals surface area contributed by atoms with Crippen LogP contribution in [0.4, 0.5) is 0 Å². The molecule has 1 saturated carbocycles. The van der Waals surface area contributed by atoms with Crippen molar-refractivity contribution < 1.29 is 19.1 Å². The van der Waals surface area contributed by atoms with Crippen molar-refractivity contribution in [1.29, 1.82) is 0 Å². The molecule has 0 radical (unpaired) electrons. The van der Waals surface area contributed by atoms with E-state index in [1.54, 1.807) is 30.0 Å². The van der Waals surface area contributed by atoms with Crippen molar-refractivity contribution in [1.82, 2.24) is 4.90 Å². The van der Waals surface area contributed by atoms with Crippen molar-refractivity contribution in [2.75, 3.05) is 13.2 Å². The van der Waals surface area contributed by atoms with Crippen LogP contribution in [0.15, 0.2) is 30.0 Å². The Hall–Kier alpha value is -2.01. The van der Waals surface area contributed by atoms with Crippen LogP contribution in [0.2, 0.25) is 5.02 Å². The molecule has 1 saturated heterocycles. The number of morpholine rings is 1. The number of fused-ring (bicyclic) bond motifs is 1. The summed E-state index contributed by atoms with van der Waals surface area (Å²) in [6.45, 7) is 8.70. The Morgan fingerprint density at radius 2 is 1.97 bits per heavy atom. The maximum atomic E-state index is 13.2. The zero-order valence-corrected chi connectivity index (χ0v) is 18.4. The van der Waals surface area contributed by atoms with Gasteiger partial charge in [0.25, 0.3) is 5.91 Å². The third-order valence-electron chi connectivity index (χ3n) is 5.90. The molecular weight excluding hydrogens is 390 g/mol. The standard InChI is InChI=1S/C23H30ClNO4/c1-5-28-21(26)14-25-18-13-16(23(2,3)4)8-11-19(18)29-20(22(25)27)12-15-6-9-17(24)10-7-15/h6-7,9-10,12,16,18-19H,5,8,11,13-14H2,1-4H3/b20-12-. The quantitative estimate of drug-likeness (QED) is 0.525. The van der Waals surface area contributed by atoms with Crippen LogP contribution in [0.3, 0.4) is 0 Å². The summed E-state index contributed by atoms with van der Waals surface area (Å²) in [5.41, 5.74) is 0.971. The molecule has 1 aromatic carbocycles. The van der Waals surface area contributed by atoms with Crippen LogP contribution in [0, 0.1) is 11.3 Å². The maximum absolute atomic E-state index is 13.2. The average Bonchev–Trinajstić information content (AvgIpc) is 2.66. The highest BCUT2D eigenvalue weighted by atomic mass is 35.5. The summed E-state index contributed by atoms with van der Waals surface area (Å²) >= 11 is 5.96. The summed E-state index contributed by atoms with van der Waals surface area (Å²) in [4.78, 5) is 27.1. The number of carbonyl (C=O) groups excluding carboxylic acids is 2. The van der Waals surface area contributed by atoms with Gasteiger partial charge in [0.05, 0.1) is 12.6 Å². The maximum Gasteiger partial charge on any atom is 0.325 e. The molecule has 29 heavy (non-hydrogen) atoms. The van der Waals surface area contributed by atoms with Gasteiger partial charge in [0, 0.05) is 5.02 Å². The number of ether oxygens (including phenoxy) is 2. The fraction of sp³-hybridized carbons (Fsp3) is 0.565. The van der Waals surface area contributed by atoms with E-state index in [4.69, 9.17) is 21.1 Å². The minimum Gasteiger partial charge on any atom is -0.482 e. The Morgan fingerprint density at radius 1 is 1.28 bits per heavy atom. The number of amides is 1. The molecule has 3 atom stereocenters. The summed E-state index contributed by atoms with van der Waals surface area (Å²) < 4.78 is 11.3. The number of carbonyl (C=O) groups is 2. The molecule has 0 spiro atoms. The molecule has 1 aliphatic carbocycles. The van der Waals surface area contributed by atoms with E-state index in [1.165, 1.54) is 0 Å². The number of halogens is 1. The van der Waals surface area contributed by atoms with Gasteiger partial charge in [0.15, 0.2) is 5.76 Å². The largest absolute Gasteiger partial charge is 0.482 e. The molecule has 2 fully saturated rings. The summed E-state index contributed by atoms with van der Waals surface area (Å²) in [5.74, 6) is 0.0905. The minimum atomic E-state index is -0.384. The lowest BCUT2D eigenvalue weighted by Crippen LogP contribution is -2.58. The molecule has 0 N–H and O–H groups in total. The van der Waals surface area contributed by atoms with E-state index in [-0.39, 0.29) is 41.7 Å². The highest BCUT2D eigenvalue weighted by Gasteiger charge is 2.46. The first-order valence-corrected chi connectivity index (χ1v) is 10.7. The van der Waals surface area contributed by atoms with Crippen LogP contribution in [0.5, 0.6) is 0 Å². The van der Waals surface area contributed by atoms with Gasteiger partial charge in [-0.05, 0) is 61.3 Å². The van der Waals surface area contributed by atoms with Gasteiger partial charge in [-0.2, -0.15) is 0 Å². The van der Waals surface area contributed by atoms with Crippen molar-refractivity contribution in [2.45, 2.75) is 59.1 Å². The molecule has 158 valence electrons. The van der Waals surface area contributed by atoms with Gasteiger partial charge < -0.3 is 14.4 Å². The molecule has 5 nitrogen and oxygen atoms in total. The lowest BCUT2D eigenvalue weighted by molar-refractivity contribution is -0.161. The smallest absolute Gasteiger partial charge is 0.325 e. The zero-order chi connectivity index (χ0) is 21.2. The third-order valence-corrected chi connectivity index (χ3v) is 6.15. The van der Waals surface area contributed by atoms with Crippen LogP contribution in [0.25, 0.3) is 6.08 Å². The molecule has 2 aliphatic rings. The topological polar surface area (TPSA) is 55.8 Å². The van der Waals surface area contributed by atoms with Crippen molar-refractivity contribution >= 4 is 29.6 Å². The van der Waals surface area contributed by atoms with E-state index in [2.05, 4.69) is 20.8 Å². The monoisotopic (exact) mass is 419 g/mol. The van der Waals surface area contributed by atoms with Crippen LogP contribution in [0.1, 0.15) is 52.5 Å². The predicted molar refractivity (Wildman–Crippen MR) is 113 cm³/mol. The number of rotatable bonds is 4. The van der Waals surface area contributed by atoms with Gasteiger partial charge >= 0.3 is 5.97 Å². The van der Waals surface area contributed by atoms with E-state index in [0.717, 1.165) is 24.8 Å². The number of hydrogen-bond acceptors (Lipinski definition) is 4. The second-order valence-electron chi connectivity index (χ2n) is 8.90. The fourth-order valence-corrected chi connectivity index (χ4v) is 4.34. The Labute approximate surface area is 178 Å². The molecule has 1 aliphatic heterocycles. The summed E-state index contributed by atoms with van der Waals surface area (Å²) in [7, 11) is 0. The summed E-state index contributed by atoms with van der Waals surface area (Å²) in [5, 5.41) is 0.632. The van der Waals surface area contributed by atoms with Gasteiger partial charge in [0.2, 0.25) is 0 Å². The number of esters is 1. The predicted octanol–water partition coefficient (Wildman–Crippen LogP) is 4.69. The van der Waals surface area contributed by atoms with E-state index in [1.807, 2.05) is 12.1 Å². The minimum absolute atomic E-state index is 0.0496. The van der Waals surface area contributed by atoms with E-state index >= 15 is 0 Å². The molecular formula is C23H30ClNO4. The molecule has 1 heterocycles. The molecule has 3 unspecified atom stereocenters. The number of nitrogens with zero attached hydrogens (tertiary/aromatic N) is 1. The normalized spacial score (nSPS) is 26.1.